The van der Waals surface area contributed by atoms with Crippen LogP contribution in [0.15, 0.2) is 0 Å². The van der Waals surface area contributed by atoms with Crippen LogP contribution in [-0.4, -0.2) is 87.2 Å². The van der Waals surface area contributed by atoms with Crippen molar-refractivity contribution in [2.24, 2.45) is 0 Å². The Morgan fingerprint density at radius 3 is 1.68 bits per heavy atom. The minimum atomic E-state index is -1.53. The fourth-order valence-corrected chi connectivity index (χ4v) is 1.80. The number of likely N-dealkylation sites (N-methyl/N-ethyl adjacent to an activating group) is 3. The Kier molecular flexibility index (Phi) is 6.45. The average Bonchev–Trinajstić information content (AvgIpc) is 2.34. The summed E-state index contributed by atoms with van der Waals surface area (Å²) in [4.78, 5) is 3.44. The lowest BCUT2D eigenvalue weighted by Gasteiger charge is -2.32. The molecule has 1 aliphatic rings. The van der Waals surface area contributed by atoms with E-state index in [1.54, 1.807) is 0 Å². The summed E-state index contributed by atoms with van der Waals surface area (Å²) in [6.45, 7) is -0.886. The molecule has 0 bridgehead atoms. The molecule has 1 aliphatic heterocycles. The van der Waals surface area contributed by atoms with Gasteiger partial charge in [0.2, 0.25) is 0 Å². The fourth-order valence-electron chi connectivity index (χ4n) is 1.80. The van der Waals surface area contributed by atoms with Gasteiger partial charge in [-0.15, -0.1) is 0 Å². The summed E-state index contributed by atoms with van der Waals surface area (Å²) < 4.78 is 54.7. The largest absolute Gasteiger partial charge is 0.282 e. The average molecular weight is 286 g/mol. The van der Waals surface area contributed by atoms with Crippen LogP contribution in [0.4, 0.5) is 17.6 Å². The van der Waals surface area contributed by atoms with Crippen LogP contribution in [0.3, 0.4) is 0 Å². The molecule has 0 aliphatic carbocycles. The molecule has 4 atom stereocenters. The van der Waals surface area contributed by atoms with Gasteiger partial charge in [-0.05, 0) is 21.1 Å². The molecule has 0 aromatic rings. The Balaban J connectivity index is 2.71. The molecule has 19 heavy (non-hydrogen) atoms. The van der Waals surface area contributed by atoms with Crippen molar-refractivity contribution in [3.8, 4) is 0 Å². The summed E-state index contributed by atoms with van der Waals surface area (Å²) in [7, 11) is 4.23. The summed E-state index contributed by atoms with van der Waals surface area (Å²) in [5.41, 5.74) is 0. The Hall–Kier alpha value is -0.440. The predicted octanol–water partition coefficient (Wildman–Crippen LogP) is 0.567. The van der Waals surface area contributed by atoms with Crippen LogP contribution in [-0.2, 0) is 0 Å². The van der Waals surface area contributed by atoms with Crippen molar-refractivity contribution in [3.63, 3.8) is 0 Å². The van der Waals surface area contributed by atoms with E-state index in [-0.39, 0.29) is 26.2 Å². The molecule has 1 heterocycles. The minimum absolute atomic E-state index is 0.199. The van der Waals surface area contributed by atoms with Crippen molar-refractivity contribution >= 4 is 0 Å². The summed E-state index contributed by atoms with van der Waals surface area (Å²) in [5, 5.41) is 2.33. The van der Waals surface area contributed by atoms with Gasteiger partial charge in [0.15, 0.2) is 25.2 Å². The van der Waals surface area contributed by atoms with E-state index in [1.165, 1.54) is 21.1 Å². The summed E-state index contributed by atoms with van der Waals surface area (Å²) in [6.07, 6.45) is -5.97. The smallest absolute Gasteiger partial charge is 0.166 e. The van der Waals surface area contributed by atoms with Crippen LogP contribution in [0.1, 0.15) is 0 Å². The van der Waals surface area contributed by atoms with E-state index in [0.29, 0.717) is 0 Å². The van der Waals surface area contributed by atoms with E-state index >= 15 is 0 Å². The van der Waals surface area contributed by atoms with E-state index in [2.05, 4.69) is 5.32 Å². The molecule has 0 aromatic carbocycles. The second-order valence-corrected chi connectivity index (χ2v) is 5.00. The first-order valence-corrected chi connectivity index (χ1v) is 6.21. The van der Waals surface area contributed by atoms with Crippen LogP contribution in [0.2, 0.25) is 0 Å². The minimum Gasteiger partial charge on any atom is -0.282 e. The topological polar surface area (TPSA) is 21.8 Å². The monoisotopic (exact) mass is 286 g/mol. The molecule has 1 saturated heterocycles. The highest BCUT2D eigenvalue weighted by Crippen LogP contribution is 2.10. The van der Waals surface area contributed by atoms with Gasteiger partial charge < -0.3 is 0 Å². The number of hydrogen-bond donors (Lipinski definition) is 1. The molecule has 1 rings (SSSR count). The van der Waals surface area contributed by atoms with Gasteiger partial charge >= 0.3 is 0 Å². The molecular formula is C11H22F4N4. The third kappa shape index (κ3) is 5.21. The maximum atomic E-state index is 13.8. The maximum absolute atomic E-state index is 13.8. The van der Waals surface area contributed by atoms with Crippen molar-refractivity contribution in [1.82, 2.24) is 20.0 Å². The van der Waals surface area contributed by atoms with E-state index < -0.39 is 25.2 Å². The Morgan fingerprint density at radius 2 is 1.16 bits per heavy atom. The van der Waals surface area contributed by atoms with E-state index in [0.717, 1.165) is 14.7 Å². The van der Waals surface area contributed by atoms with E-state index in [1.807, 2.05) is 0 Å². The second-order valence-electron chi connectivity index (χ2n) is 5.00. The zero-order valence-corrected chi connectivity index (χ0v) is 11.5. The van der Waals surface area contributed by atoms with Crippen molar-refractivity contribution in [2.45, 2.75) is 25.2 Å². The van der Waals surface area contributed by atoms with Gasteiger partial charge in [-0.25, -0.2) is 17.6 Å². The molecule has 114 valence electrons. The van der Waals surface area contributed by atoms with Gasteiger partial charge in [-0.1, -0.05) is 0 Å². The van der Waals surface area contributed by atoms with Gasteiger partial charge in [-0.3, -0.25) is 20.0 Å². The second kappa shape index (κ2) is 7.37. The first kappa shape index (κ1) is 16.6. The summed E-state index contributed by atoms with van der Waals surface area (Å²) in [5.74, 6) is 0. The van der Waals surface area contributed by atoms with Crippen molar-refractivity contribution in [2.75, 3.05) is 47.3 Å². The third-order valence-corrected chi connectivity index (χ3v) is 3.27. The molecule has 0 aromatic heterocycles. The van der Waals surface area contributed by atoms with Gasteiger partial charge in [-0.2, -0.15) is 0 Å². The van der Waals surface area contributed by atoms with Crippen molar-refractivity contribution < 1.29 is 17.6 Å². The molecule has 0 radical (unpaired) electrons. The summed E-state index contributed by atoms with van der Waals surface area (Å²) >= 11 is 0. The highest BCUT2D eigenvalue weighted by Gasteiger charge is 2.27. The number of nitrogens with one attached hydrogen (secondary N) is 1. The first-order chi connectivity index (χ1) is 8.81. The number of alkyl halides is 4. The van der Waals surface area contributed by atoms with E-state index in [9.17, 15) is 17.6 Å². The predicted molar refractivity (Wildman–Crippen MR) is 65.5 cm³/mol. The quantitative estimate of drug-likeness (QED) is 0.519. The zero-order valence-electron chi connectivity index (χ0n) is 11.5. The molecule has 0 saturated carbocycles. The van der Waals surface area contributed by atoms with Crippen LogP contribution in [0.5, 0.6) is 0 Å². The molecule has 4 nitrogen and oxygen atoms in total. The van der Waals surface area contributed by atoms with Gasteiger partial charge in [0, 0.05) is 26.2 Å². The number of nitrogens with zero attached hydrogens (tertiary/aromatic N) is 3. The molecule has 1 fully saturated rings. The zero-order chi connectivity index (χ0) is 14.6. The van der Waals surface area contributed by atoms with Crippen LogP contribution in [0, 0.1) is 0 Å². The molecular weight excluding hydrogens is 264 g/mol. The lowest BCUT2D eigenvalue weighted by Crippen LogP contribution is -2.51. The molecule has 1 N–H and O–H groups in total. The Bertz CT molecular complexity index is 271. The highest BCUT2D eigenvalue weighted by molar-refractivity contribution is 4.73. The van der Waals surface area contributed by atoms with Crippen LogP contribution >= 0.6 is 0 Å². The molecule has 4 unspecified atom stereocenters. The lowest BCUT2D eigenvalue weighted by atomic mass is 10.3. The summed E-state index contributed by atoms with van der Waals surface area (Å²) in [6, 6.07) is 0. The van der Waals surface area contributed by atoms with Gasteiger partial charge in [0.25, 0.3) is 0 Å². The third-order valence-electron chi connectivity index (χ3n) is 3.27. The van der Waals surface area contributed by atoms with Crippen molar-refractivity contribution in [3.05, 3.63) is 0 Å². The highest BCUT2D eigenvalue weighted by atomic mass is 19.2. The normalized spacial score (nSPS) is 38.7. The van der Waals surface area contributed by atoms with Gasteiger partial charge in [0.05, 0.1) is 0 Å². The van der Waals surface area contributed by atoms with Crippen LogP contribution < -0.4 is 5.32 Å². The van der Waals surface area contributed by atoms with Crippen molar-refractivity contribution in [1.29, 1.82) is 0 Å². The Labute approximate surface area is 111 Å². The number of rotatable bonds is 0. The number of halogens is 4. The van der Waals surface area contributed by atoms with Crippen LogP contribution in [0.25, 0.3) is 0 Å². The SMILES string of the molecule is CN1CC(F)NCC(F)N(C)CC(F)N(C)CC1F. The lowest BCUT2D eigenvalue weighted by molar-refractivity contribution is -0.0221. The fraction of sp³-hybridized carbons (Fsp3) is 1.00. The first-order valence-electron chi connectivity index (χ1n) is 6.21. The van der Waals surface area contributed by atoms with E-state index in [4.69, 9.17) is 0 Å². The Morgan fingerprint density at radius 1 is 0.737 bits per heavy atom. The molecule has 0 amide bonds. The maximum Gasteiger partial charge on any atom is 0.166 e. The molecule has 8 heteroatoms. The standard InChI is InChI=1S/C11H22F4N4/c1-17-5-8(12)16-4-9(13)18(2)6-11(15)19(3)7-10(17)14/h8-11,16H,4-7H2,1-3H3. The molecule has 0 spiro atoms. The number of hydrogen-bond acceptors (Lipinski definition) is 4. The van der Waals surface area contributed by atoms with Gasteiger partial charge in [0.1, 0.15) is 0 Å².